The summed E-state index contributed by atoms with van der Waals surface area (Å²) < 4.78 is 33.4. The fraction of sp³-hybridized carbons (Fsp3) is 0.565. The van der Waals surface area contributed by atoms with Gasteiger partial charge in [0.1, 0.15) is 18.5 Å². The van der Waals surface area contributed by atoms with Crippen LogP contribution in [0.15, 0.2) is 23.1 Å². The number of imide groups is 1. The van der Waals surface area contributed by atoms with Crippen LogP contribution in [0.3, 0.4) is 0 Å². The fourth-order valence-corrected chi connectivity index (χ4v) is 5.85. The summed E-state index contributed by atoms with van der Waals surface area (Å²) in [5, 5.41) is 0. The van der Waals surface area contributed by atoms with E-state index in [1.165, 1.54) is 33.2 Å². The first-order valence-electron chi connectivity index (χ1n) is 11.5. The average molecular weight is 491 g/mol. The number of hydrogen-bond acceptors (Lipinski definition) is 7. The molecule has 3 atom stereocenters. The number of amides is 2. The normalized spacial score (nSPS) is 21.9. The molecule has 11 heteroatoms. The van der Waals surface area contributed by atoms with Crippen LogP contribution in [0.5, 0.6) is 0 Å². The number of likely N-dealkylation sites (tertiary alicyclic amines) is 1. The maximum Gasteiger partial charge on any atom is 0.329 e. The van der Waals surface area contributed by atoms with Crippen LogP contribution >= 0.6 is 0 Å². The van der Waals surface area contributed by atoms with E-state index < -0.39 is 22.0 Å². The van der Waals surface area contributed by atoms with Gasteiger partial charge in [-0.25, -0.2) is 22.5 Å². The Morgan fingerprint density at radius 3 is 2.35 bits per heavy atom. The zero-order valence-electron chi connectivity index (χ0n) is 19.9. The molecule has 184 valence electrons. The van der Waals surface area contributed by atoms with Crippen molar-refractivity contribution in [3.8, 4) is 0 Å². The fourth-order valence-electron chi connectivity index (χ4n) is 4.93. The van der Waals surface area contributed by atoms with Gasteiger partial charge in [0, 0.05) is 20.6 Å². The van der Waals surface area contributed by atoms with Gasteiger partial charge in [0.15, 0.2) is 0 Å². The summed E-state index contributed by atoms with van der Waals surface area (Å²) in [5.41, 5.74) is 1.19. The topological polar surface area (TPSA) is 119 Å². The molecule has 2 aliphatic rings. The van der Waals surface area contributed by atoms with E-state index in [1.54, 1.807) is 6.07 Å². The van der Waals surface area contributed by atoms with Crippen LogP contribution in [0.25, 0.3) is 11.0 Å². The second-order valence-electron chi connectivity index (χ2n) is 9.04. The van der Waals surface area contributed by atoms with E-state index in [2.05, 4.69) is 4.98 Å². The van der Waals surface area contributed by atoms with Crippen LogP contribution in [-0.4, -0.2) is 65.1 Å². The molecule has 0 bridgehead atoms. The van der Waals surface area contributed by atoms with E-state index in [0.717, 1.165) is 22.0 Å². The van der Waals surface area contributed by atoms with Gasteiger partial charge < -0.3 is 9.30 Å². The quantitative estimate of drug-likeness (QED) is 0.430. The summed E-state index contributed by atoms with van der Waals surface area (Å²) in [6, 6.07) is 3.68. The van der Waals surface area contributed by atoms with E-state index >= 15 is 0 Å². The number of aromatic nitrogens is 2. The largest absolute Gasteiger partial charge is 0.456 e. The van der Waals surface area contributed by atoms with Gasteiger partial charge in [-0.2, -0.15) is 0 Å². The first kappa shape index (κ1) is 24.3. The number of esters is 1. The van der Waals surface area contributed by atoms with Gasteiger partial charge in [0.05, 0.1) is 27.8 Å². The van der Waals surface area contributed by atoms with Crippen LogP contribution < -0.4 is 0 Å². The van der Waals surface area contributed by atoms with E-state index in [-0.39, 0.29) is 35.2 Å². The van der Waals surface area contributed by atoms with E-state index in [0.29, 0.717) is 36.2 Å². The molecule has 2 heterocycles. The van der Waals surface area contributed by atoms with Gasteiger partial charge in [-0.3, -0.25) is 14.5 Å². The summed E-state index contributed by atoms with van der Waals surface area (Å²) in [4.78, 5) is 44.0. The number of benzene rings is 1. The van der Waals surface area contributed by atoms with Crippen molar-refractivity contribution in [2.45, 2.75) is 63.6 Å². The number of fused-ring (bicyclic) bond motifs is 2. The van der Waals surface area contributed by atoms with Crippen molar-refractivity contribution in [2.75, 3.05) is 14.1 Å². The summed E-state index contributed by atoms with van der Waals surface area (Å²) in [6.45, 7) is 3.79. The van der Waals surface area contributed by atoms with Crippen molar-refractivity contribution in [1.29, 1.82) is 0 Å². The molecular weight excluding hydrogens is 460 g/mol. The molecule has 0 radical (unpaired) electrons. The third-order valence-electron chi connectivity index (χ3n) is 6.84. The first-order valence-corrected chi connectivity index (χ1v) is 13.0. The molecule has 4 rings (SSSR count). The number of carbonyl (C=O) groups is 3. The summed E-state index contributed by atoms with van der Waals surface area (Å²) in [7, 11) is -0.697. The van der Waals surface area contributed by atoms with E-state index in [1.807, 2.05) is 11.5 Å². The van der Waals surface area contributed by atoms with Crippen molar-refractivity contribution in [3.63, 3.8) is 0 Å². The molecule has 3 unspecified atom stereocenters. The number of rotatable bonds is 7. The molecule has 1 aromatic heterocycles. The van der Waals surface area contributed by atoms with Gasteiger partial charge in [0.2, 0.25) is 21.8 Å². The van der Waals surface area contributed by atoms with Crippen molar-refractivity contribution in [2.24, 2.45) is 11.8 Å². The van der Waals surface area contributed by atoms with Gasteiger partial charge in [-0.15, -0.1) is 0 Å². The van der Waals surface area contributed by atoms with Crippen molar-refractivity contribution in [1.82, 2.24) is 18.8 Å². The summed E-state index contributed by atoms with van der Waals surface area (Å²) >= 11 is 0. The smallest absolute Gasteiger partial charge is 0.329 e. The zero-order valence-corrected chi connectivity index (χ0v) is 20.7. The Morgan fingerprint density at radius 1 is 1.18 bits per heavy atom. The molecule has 1 aromatic carbocycles. The Labute approximate surface area is 198 Å². The second-order valence-corrected chi connectivity index (χ2v) is 11.2. The molecule has 10 nitrogen and oxygen atoms in total. The molecule has 1 saturated heterocycles. The van der Waals surface area contributed by atoms with Gasteiger partial charge in [-0.05, 0) is 44.9 Å². The molecule has 0 spiro atoms. The van der Waals surface area contributed by atoms with Crippen LogP contribution in [0.1, 0.15) is 45.4 Å². The maximum atomic E-state index is 12.8. The van der Waals surface area contributed by atoms with Gasteiger partial charge >= 0.3 is 5.97 Å². The highest BCUT2D eigenvalue weighted by Crippen LogP contribution is 2.39. The predicted octanol–water partition coefficient (Wildman–Crippen LogP) is 1.91. The van der Waals surface area contributed by atoms with Crippen LogP contribution in [0.4, 0.5) is 0 Å². The summed E-state index contributed by atoms with van der Waals surface area (Å²) in [6.07, 6.45) is 3.19. The molecular formula is C23H30N4O6S. The van der Waals surface area contributed by atoms with Crippen LogP contribution in [0, 0.1) is 11.8 Å². The summed E-state index contributed by atoms with van der Waals surface area (Å²) in [5.74, 6) is -1.44. The Hall–Kier alpha value is -2.79. The lowest BCUT2D eigenvalue weighted by atomic mass is 9.81. The minimum Gasteiger partial charge on any atom is -0.456 e. The Bertz CT molecular complexity index is 1230. The number of nitrogens with zero attached hydrogens (tertiary/aromatic N) is 4. The monoisotopic (exact) mass is 490 g/mol. The Kier molecular flexibility index (Phi) is 6.52. The third kappa shape index (κ3) is 4.00. The second kappa shape index (κ2) is 9.10. The number of ether oxygens (including phenoxy) is 1. The minimum atomic E-state index is -3.62. The number of sulfonamides is 1. The Balaban J connectivity index is 1.52. The van der Waals surface area contributed by atoms with Crippen molar-refractivity contribution >= 4 is 38.8 Å². The molecule has 0 N–H and O–H groups in total. The number of imidazole rings is 1. The average Bonchev–Trinajstić information content (AvgIpc) is 3.30. The standard InChI is InChI=1S/C23H30N4O6S/c1-5-26-19-11-10-15(34(31,32)25(3)4)12-18(19)24-20(26)13-33-23(30)14(2)27-21(28)16-8-6-7-9-17(16)22(27)29/h10-12,14,16-17H,5-9,13H2,1-4H3. The van der Waals surface area contributed by atoms with E-state index in [9.17, 15) is 22.8 Å². The van der Waals surface area contributed by atoms with Crippen molar-refractivity contribution in [3.05, 3.63) is 24.0 Å². The predicted molar refractivity (Wildman–Crippen MR) is 123 cm³/mol. The highest BCUT2D eigenvalue weighted by molar-refractivity contribution is 7.89. The van der Waals surface area contributed by atoms with Crippen molar-refractivity contribution < 1.29 is 27.5 Å². The number of hydrogen-bond donors (Lipinski definition) is 0. The molecule has 1 aliphatic carbocycles. The lowest BCUT2D eigenvalue weighted by Gasteiger charge is -2.21. The number of aryl methyl sites for hydroxylation is 1. The number of carbonyl (C=O) groups excluding carboxylic acids is 3. The molecule has 2 amide bonds. The lowest BCUT2D eigenvalue weighted by Crippen LogP contribution is -2.44. The van der Waals surface area contributed by atoms with Gasteiger partial charge in [0.25, 0.3) is 0 Å². The zero-order chi connectivity index (χ0) is 24.8. The molecule has 1 saturated carbocycles. The first-order chi connectivity index (χ1) is 16.1. The lowest BCUT2D eigenvalue weighted by molar-refractivity contribution is -0.159. The Morgan fingerprint density at radius 2 is 1.79 bits per heavy atom. The van der Waals surface area contributed by atoms with Crippen LogP contribution in [-0.2, 0) is 42.3 Å². The SMILES string of the molecule is CCn1c(COC(=O)C(C)N2C(=O)C3CCCCC3C2=O)nc2cc(S(=O)(=O)N(C)C)ccc21. The van der Waals surface area contributed by atoms with E-state index in [4.69, 9.17) is 4.74 Å². The minimum absolute atomic E-state index is 0.121. The molecule has 1 aliphatic heterocycles. The molecule has 34 heavy (non-hydrogen) atoms. The highest BCUT2D eigenvalue weighted by Gasteiger charge is 2.51. The van der Waals surface area contributed by atoms with Gasteiger partial charge in [-0.1, -0.05) is 12.8 Å². The van der Waals surface area contributed by atoms with Crippen LogP contribution in [0.2, 0.25) is 0 Å². The molecule has 2 aromatic rings. The molecule has 2 fully saturated rings. The highest BCUT2D eigenvalue weighted by atomic mass is 32.2. The maximum absolute atomic E-state index is 12.8. The third-order valence-corrected chi connectivity index (χ3v) is 8.65.